The molecule has 7 N–H and O–H groups in total. The van der Waals surface area contributed by atoms with Crippen LogP contribution in [-0.4, -0.2) is 26.9 Å². The topological polar surface area (TPSA) is 147 Å². The molecule has 0 aliphatic carbocycles. The summed E-state index contributed by atoms with van der Waals surface area (Å²) >= 11 is 0. The lowest BCUT2D eigenvalue weighted by atomic mass is 10.4. The molecule has 0 aliphatic heterocycles. The molecule has 0 amide bonds. The van der Waals surface area contributed by atoms with Crippen LogP contribution in [0.25, 0.3) is 0 Å². The second kappa shape index (κ2) is 5.22. The van der Waals surface area contributed by atoms with Crippen LogP contribution < -0.4 is 11.2 Å². The molecule has 0 unspecified atom stereocenters. The molecule has 0 rings (SSSR count). The van der Waals surface area contributed by atoms with Gasteiger partial charge in [-0.15, -0.1) is 0 Å². The summed E-state index contributed by atoms with van der Waals surface area (Å²) in [7, 11) is -4.14. The lowest BCUT2D eigenvalue weighted by Crippen LogP contribution is -2.25. The van der Waals surface area contributed by atoms with Gasteiger partial charge in [0.2, 0.25) is 0 Å². The molecule has 0 radical (unpaired) electrons. The van der Waals surface area contributed by atoms with E-state index in [1.165, 1.54) is 6.92 Å². The van der Waals surface area contributed by atoms with Crippen LogP contribution in [0, 0.1) is 0 Å². The first-order valence-electron chi connectivity index (χ1n) is 2.47. The van der Waals surface area contributed by atoms with Gasteiger partial charge in [0.1, 0.15) is 6.04 Å². The standard InChI is InChI=1S/C3H7NO2.H4NO3P/c1-2(4)3(5)6;1-5(2,3)4/h2H,4H2,1H3,(H,5,6);(H4,1,2,3,4)/t2-;/m1./s1. The van der Waals surface area contributed by atoms with E-state index in [2.05, 4.69) is 5.50 Å². The Balaban J connectivity index is 0. The zero-order valence-corrected chi connectivity index (χ0v) is 6.73. The Labute approximate surface area is 63.2 Å². The minimum Gasteiger partial charge on any atom is -0.480 e. The van der Waals surface area contributed by atoms with E-state index >= 15 is 0 Å². The van der Waals surface area contributed by atoms with Crippen LogP contribution >= 0.6 is 7.75 Å². The van der Waals surface area contributed by atoms with E-state index in [9.17, 15) is 4.79 Å². The van der Waals surface area contributed by atoms with Crippen molar-refractivity contribution in [2.45, 2.75) is 13.0 Å². The largest absolute Gasteiger partial charge is 0.480 e. The van der Waals surface area contributed by atoms with Gasteiger partial charge in [-0.25, -0.2) is 10.1 Å². The molecule has 0 aromatic heterocycles. The lowest BCUT2D eigenvalue weighted by Gasteiger charge is -1.90. The Morgan fingerprint density at radius 1 is 1.55 bits per heavy atom. The lowest BCUT2D eigenvalue weighted by molar-refractivity contribution is -0.138. The third-order valence-electron chi connectivity index (χ3n) is 0.390. The van der Waals surface area contributed by atoms with E-state index in [1.807, 2.05) is 0 Å². The summed E-state index contributed by atoms with van der Waals surface area (Å²) < 4.78 is 9.10. The van der Waals surface area contributed by atoms with E-state index < -0.39 is 19.8 Å². The summed E-state index contributed by atoms with van der Waals surface area (Å²) in [6.07, 6.45) is 0. The van der Waals surface area contributed by atoms with Crippen LogP contribution in [0.15, 0.2) is 0 Å². The number of rotatable bonds is 1. The maximum Gasteiger partial charge on any atom is 0.397 e. The van der Waals surface area contributed by atoms with Gasteiger partial charge in [-0.1, -0.05) is 0 Å². The van der Waals surface area contributed by atoms with Crippen LogP contribution in [0.4, 0.5) is 0 Å². The van der Waals surface area contributed by atoms with E-state index in [1.54, 1.807) is 0 Å². The van der Waals surface area contributed by atoms with Gasteiger partial charge in [-0.05, 0) is 6.92 Å². The van der Waals surface area contributed by atoms with Gasteiger partial charge in [-0.3, -0.25) is 4.79 Å². The second-order valence-electron chi connectivity index (χ2n) is 1.72. The molecule has 11 heavy (non-hydrogen) atoms. The van der Waals surface area contributed by atoms with Crippen molar-refractivity contribution < 1.29 is 24.3 Å². The van der Waals surface area contributed by atoms with Crippen LogP contribution in [0.3, 0.4) is 0 Å². The molecular weight excluding hydrogens is 175 g/mol. The van der Waals surface area contributed by atoms with Crippen molar-refractivity contribution in [1.82, 2.24) is 0 Å². The molecular formula is C3H11N2O5P. The van der Waals surface area contributed by atoms with Crippen LogP contribution in [0.5, 0.6) is 0 Å². The van der Waals surface area contributed by atoms with Gasteiger partial charge >= 0.3 is 13.7 Å². The molecule has 0 heterocycles. The normalized spacial score (nSPS) is 12.8. The zero-order chi connectivity index (χ0) is 9.65. The Hall–Kier alpha value is -0.460. The van der Waals surface area contributed by atoms with Gasteiger partial charge in [0.05, 0.1) is 0 Å². The highest BCUT2D eigenvalue weighted by molar-refractivity contribution is 7.49. The minimum absolute atomic E-state index is 0.731. The zero-order valence-electron chi connectivity index (χ0n) is 5.84. The predicted octanol–water partition coefficient (Wildman–Crippen LogP) is -1.54. The third kappa shape index (κ3) is 43.3. The molecule has 8 heteroatoms. The quantitative estimate of drug-likeness (QED) is 0.311. The number of nitrogens with two attached hydrogens (primary N) is 2. The van der Waals surface area contributed by atoms with Gasteiger partial charge in [0.15, 0.2) is 0 Å². The molecule has 0 fully saturated rings. The molecule has 0 aromatic carbocycles. The predicted molar refractivity (Wildman–Crippen MR) is 37.5 cm³/mol. The molecule has 68 valence electrons. The van der Waals surface area contributed by atoms with Gasteiger partial charge in [0, 0.05) is 0 Å². The van der Waals surface area contributed by atoms with Crippen LogP contribution in [-0.2, 0) is 9.36 Å². The maximum atomic E-state index is 9.57. The number of aliphatic carboxylic acids is 1. The summed E-state index contributed by atoms with van der Waals surface area (Å²) in [6.45, 7) is 1.42. The SMILES string of the molecule is C[C@@H](N)C(=O)O.NP(=O)(O)O. The Bertz CT molecular complexity index is 155. The Kier molecular flexibility index (Phi) is 6.25. The Morgan fingerprint density at radius 2 is 1.64 bits per heavy atom. The fraction of sp³-hybridized carbons (Fsp3) is 0.667. The van der Waals surface area contributed by atoms with Gasteiger partial charge in [0.25, 0.3) is 0 Å². The molecule has 0 saturated carbocycles. The van der Waals surface area contributed by atoms with E-state index in [4.69, 9.17) is 25.2 Å². The van der Waals surface area contributed by atoms with E-state index in [0.717, 1.165) is 0 Å². The van der Waals surface area contributed by atoms with Crippen molar-refractivity contribution in [3.05, 3.63) is 0 Å². The average molecular weight is 186 g/mol. The summed E-state index contributed by atoms with van der Waals surface area (Å²) in [4.78, 5) is 24.4. The number of carboxylic acids is 1. The first-order chi connectivity index (χ1) is 4.64. The first-order valence-corrected chi connectivity index (χ1v) is 4.15. The van der Waals surface area contributed by atoms with E-state index in [-0.39, 0.29) is 0 Å². The number of carbonyl (C=O) groups is 1. The Morgan fingerprint density at radius 3 is 1.64 bits per heavy atom. The summed E-state index contributed by atoms with van der Waals surface area (Å²) in [6, 6.07) is -0.731. The number of hydrogen-bond acceptors (Lipinski definition) is 3. The van der Waals surface area contributed by atoms with Crippen molar-refractivity contribution in [2.75, 3.05) is 0 Å². The van der Waals surface area contributed by atoms with Gasteiger partial charge < -0.3 is 20.6 Å². The molecule has 7 nitrogen and oxygen atoms in total. The molecule has 0 spiro atoms. The first kappa shape index (κ1) is 13.2. The van der Waals surface area contributed by atoms with Crippen molar-refractivity contribution in [2.24, 2.45) is 11.2 Å². The highest BCUT2D eigenvalue weighted by atomic mass is 31.2. The van der Waals surface area contributed by atoms with Crippen molar-refractivity contribution in [1.29, 1.82) is 0 Å². The summed E-state index contributed by atoms with van der Waals surface area (Å²) in [5, 5.41) is 7.87. The molecule has 0 aromatic rings. The van der Waals surface area contributed by atoms with Crippen LogP contribution in [0.2, 0.25) is 0 Å². The van der Waals surface area contributed by atoms with Crippen molar-refractivity contribution >= 4 is 13.7 Å². The number of hydrogen-bond donors (Lipinski definition) is 5. The molecule has 0 aliphatic rings. The highest BCUT2D eigenvalue weighted by Crippen LogP contribution is 2.20. The fourth-order valence-corrected chi connectivity index (χ4v) is 0. The fourth-order valence-electron chi connectivity index (χ4n) is 0. The van der Waals surface area contributed by atoms with E-state index in [0.29, 0.717) is 0 Å². The van der Waals surface area contributed by atoms with Gasteiger partial charge in [-0.2, -0.15) is 0 Å². The second-order valence-corrected chi connectivity index (χ2v) is 2.89. The smallest absolute Gasteiger partial charge is 0.397 e. The summed E-state index contributed by atoms with van der Waals surface area (Å²) in [5.41, 5.74) is 8.86. The number of carboxylic acid groups (broad SMARTS) is 1. The van der Waals surface area contributed by atoms with Crippen molar-refractivity contribution in [3.63, 3.8) is 0 Å². The third-order valence-corrected chi connectivity index (χ3v) is 0.390. The molecule has 0 bridgehead atoms. The van der Waals surface area contributed by atoms with Crippen molar-refractivity contribution in [3.8, 4) is 0 Å². The average Bonchev–Trinajstić information content (AvgIpc) is 1.59. The minimum atomic E-state index is -4.14. The molecule has 0 saturated heterocycles. The highest BCUT2D eigenvalue weighted by Gasteiger charge is 1.99. The van der Waals surface area contributed by atoms with Crippen LogP contribution in [0.1, 0.15) is 6.92 Å². The molecule has 1 atom stereocenters. The summed E-state index contributed by atoms with van der Waals surface area (Å²) in [5.74, 6) is -0.963. The maximum absolute atomic E-state index is 9.57. The monoisotopic (exact) mass is 186 g/mol.